The Labute approximate surface area is 226 Å². The smallest absolute Gasteiger partial charge is 0.283 e. The van der Waals surface area contributed by atoms with Gasteiger partial charge in [0.2, 0.25) is 5.91 Å². The molecule has 8 nitrogen and oxygen atoms in total. The van der Waals surface area contributed by atoms with E-state index in [2.05, 4.69) is 10.3 Å². The van der Waals surface area contributed by atoms with Crippen molar-refractivity contribution in [3.63, 3.8) is 0 Å². The Bertz CT molecular complexity index is 1360. The molecule has 196 valence electrons. The monoisotopic (exact) mass is 531 g/mol. The molecule has 4 rings (SSSR count). The van der Waals surface area contributed by atoms with E-state index in [1.165, 1.54) is 16.7 Å². The van der Waals surface area contributed by atoms with Crippen LogP contribution in [0.15, 0.2) is 83.5 Å². The van der Waals surface area contributed by atoms with E-state index in [1.807, 2.05) is 43.3 Å². The zero-order chi connectivity index (χ0) is 27.1. The van der Waals surface area contributed by atoms with Gasteiger partial charge in [-0.3, -0.25) is 14.5 Å². The normalized spacial score (nSPS) is 14.7. The Morgan fingerprint density at radius 1 is 1.03 bits per heavy atom. The van der Waals surface area contributed by atoms with Crippen molar-refractivity contribution in [3.8, 4) is 17.2 Å². The number of benzene rings is 3. The molecule has 1 unspecified atom stereocenters. The van der Waals surface area contributed by atoms with Crippen molar-refractivity contribution in [2.24, 2.45) is 4.99 Å². The molecule has 0 radical (unpaired) electrons. The third-order valence-corrected chi connectivity index (χ3v) is 6.69. The van der Waals surface area contributed by atoms with Gasteiger partial charge in [0.25, 0.3) is 5.91 Å². The standard InChI is InChI=1S/C29H29N3O5S/c1-5-37-23-14-12-21(13-15-23)30-27(33)19(2)38-29-31-24(28(34)32(29)22-9-7-6-8-10-22)17-20-11-16-25(35-3)26(18-20)36-4/h6-19H,5H2,1-4H3,(H,30,33)/b24-17+. The summed E-state index contributed by atoms with van der Waals surface area (Å²) in [6, 6.07) is 21.8. The summed E-state index contributed by atoms with van der Waals surface area (Å²) in [4.78, 5) is 32.6. The molecule has 0 aromatic heterocycles. The zero-order valence-corrected chi connectivity index (χ0v) is 22.5. The number of nitrogens with zero attached hydrogens (tertiary/aromatic N) is 2. The van der Waals surface area contributed by atoms with E-state index < -0.39 is 5.25 Å². The van der Waals surface area contributed by atoms with Crippen molar-refractivity contribution in [2.75, 3.05) is 31.0 Å². The summed E-state index contributed by atoms with van der Waals surface area (Å²) in [7, 11) is 3.12. The maximum Gasteiger partial charge on any atom is 0.283 e. The lowest BCUT2D eigenvalue weighted by atomic mass is 10.1. The number of para-hydroxylation sites is 1. The summed E-state index contributed by atoms with van der Waals surface area (Å²) < 4.78 is 16.1. The number of anilines is 2. The number of nitrogens with one attached hydrogen (secondary N) is 1. The van der Waals surface area contributed by atoms with E-state index in [0.29, 0.717) is 34.6 Å². The molecule has 0 saturated heterocycles. The molecular formula is C29H29N3O5S. The SMILES string of the molecule is CCOc1ccc(NC(=O)C(C)SC2=N/C(=C/c3ccc(OC)c(OC)c3)C(=O)N2c2ccccc2)cc1. The summed E-state index contributed by atoms with van der Waals surface area (Å²) in [5.41, 5.74) is 2.31. The van der Waals surface area contributed by atoms with Crippen molar-refractivity contribution >= 4 is 46.2 Å². The maximum absolute atomic E-state index is 13.5. The first kappa shape index (κ1) is 26.8. The average molecular weight is 532 g/mol. The zero-order valence-electron chi connectivity index (χ0n) is 21.6. The van der Waals surface area contributed by atoms with Gasteiger partial charge in [-0.2, -0.15) is 0 Å². The van der Waals surface area contributed by atoms with Gasteiger partial charge in [0.1, 0.15) is 11.4 Å². The highest BCUT2D eigenvalue weighted by Crippen LogP contribution is 2.33. The molecule has 1 aliphatic heterocycles. The third kappa shape index (κ3) is 6.18. The predicted molar refractivity (Wildman–Crippen MR) is 152 cm³/mol. The van der Waals surface area contributed by atoms with E-state index in [4.69, 9.17) is 14.2 Å². The molecule has 3 aromatic carbocycles. The number of ether oxygens (including phenoxy) is 3. The average Bonchev–Trinajstić information content (AvgIpc) is 3.24. The van der Waals surface area contributed by atoms with Gasteiger partial charge >= 0.3 is 0 Å². The Balaban J connectivity index is 1.58. The minimum Gasteiger partial charge on any atom is -0.494 e. The van der Waals surface area contributed by atoms with Gasteiger partial charge in [-0.25, -0.2) is 4.99 Å². The molecule has 0 fully saturated rings. The molecule has 1 atom stereocenters. The molecule has 1 aliphatic rings. The lowest BCUT2D eigenvalue weighted by molar-refractivity contribution is -0.115. The molecule has 1 N–H and O–H groups in total. The van der Waals surface area contributed by atoms with Crippen LogP contribution in [0.4, 0.5) is 11.4 Å². The Morgan fingerprint density at radius 3 is 2.39 bits per heavy atom. The number of methoxy groups -OCH3 is 2. The van der Waals surface area contributed by atoms with Crippen LogP contribution in [-0.2, 0) is 9.59 Å². The second kappa shape index (κ2) is 12.3. The van der Waals surface area contributed by atoms with Crippen molar-refractivity contribution in [3.05, 3.63) is 84.1 Å². The van der Waals surface area contributed by atoms with Crippen molar-refractivity contribution in [1.29, 1.82) is 0 Å². The highest BCUT2D eigenvalue weighted by molar-refractivity contribution is 8.15. The fourth-order valence-electron chi connectivity index (χ4n) is 3.74. The molecule has 1 heterocycles. The number of amides is 2. The summed E-state index contributed by atoms with van der Waals surface area (Å²) in [5.74, 6) is 1.38. The highest BCUT2D eigenvalue weighted by atomic mass is 32.2. The third-order valence-electron chi connectivity index (χ3n) is 5.64. The quantitative estimate of drug-likeness (QED) is 0.361. The predicted octanol–water partition coefficient (Wildman–Crippen LogP) is 5.61. The molecule has 3 aromatic rings. The van der Waals surface area contributed by atoms with Gasteiger partial charge < -0.3 is 19.5 Å². The fourth-order valence-corrected chi connectivity index (χ4v) is 4.66. The summed E-state index contributed by atoms with van der Waals surface area (Å²) in [5, 5.41) is 2.80. The summed E-state index contributed by atoms with van der Waals surface area (Å²) in [6.45, 7) is 4.26. The van der Waals surface area contributed by atoms with E-state index in [0.717, 1.165) is 11.3 Å². The Kier molecular flexibility index (Phi) is 8.70. The van der Waals surface area contributed by atoms with E-state index in [-0.39, 0.29) is 17.5 Å². The summed E-state index contributed by atoms with van der Waals surface area (Å²) >= 11 is 1.21. The molecule has 38 heavy (non-hydrogen) atoms. The second-order valence-electron chi connectivity index (χ2n) is 8.22. The number of thioether (sulfide) groups is 1. The highest BCUT2D eigenvalue weighted by Gasteiger charge is 2.34. The number of carbonyl (C=O) groups is 2. The first-order valence-electron chi connectivity index (χ1n) is 12.1. The molecule has 2 amide bonds. The number of carbonyl (C=O) groups excluding carboxylic acids is 2. The largest absolute Gasteiger partial charge is 0.494 e. The van der Waals surface area contributed by atoms with Crippen molar-refractivity contribution in [2.45, 2.75) is 19.1 Å². The minimum absolute atomic E-state index is 0.209. The lowest BCUT2D eigenvalue weighted by Gasteiger charge is -2.20. The first-order valence-corrected chi connectivity index (χ1v) is 12.9. The number of aliphatic imine (C=N–C) groups is 1. The first-order chi connectivity index (χ1) is 18.4. The molecule has 0 aliphatic carbocycles. The fraction of sp³-hybridized carbons (Fsp3) is 0.207. The van der Waals surface area contributed by atoms with Crippen LogP contribution in [-0.4, -0.2) is 43.1 Å². The van der Waals surface area contributed by atoms with Gasteiger partial charge in [0.05, 0.1) is 31.8 Å². The van der Waals surface area contributed by atoms with Crippen LogP contribution < -0.4 is 24.4 Å². The van der Waals surface area contributed by atoms with Crippen LogP contribution in [0, 0.1) is 0 Å². The number of amidine groups is 1. The topological polar surface area (TPSA) is 89.5 Å². The molecule has 0 spiro atoms. The van der Waals surface area contributed by atoms with Crippen LogP contribution in [0.1, 0.15) is 19.4 Å². The van der Waals surface area contributed by atoms with Crippen molar-refractivity contribution in [1.82, 2.24) is 0 Å². The van der Waals surface area contributed by atoms with E-state index >= 15 is 0 Å². The summed E-state index contributed by atoms with van der Waals surface area (Å²) in [6.07, 6.45) is 1.69. The van der Waals surface area contributed by atoms with Crippen LogP contribution in [0.3, 0.4) is 0 Å². The Morgan fingerprint density at radius 2 is 1.74 bits per heavy atom. The van der Waals surface area contributed by atoms with Gasteiger partial charge in [-0.05, 0) is 74.0 Å². The van der Waals surface area contributed by atoms with Gasteiger partial charge in [0, 0.05) is 5.69 Å². The van der Waals surface area contributed by atoms with Crippen LogP contribution in [0.5, 0.6) is 17.2 Å². The Hall–Kier alpha value is -4.24. The molecule has 0 saturated carbocycles. The number of rotatable bonds is 9. The van der Waals surface area contributed by atoms with Gasteiger partial charge in [-0.1, -0.05) is 36.0 Å². The number of hydrogen-bond donors (Lipinski definition) is 1. The molecular weight excluding hydrogens is 502 g/mol. The van der Waals surface area contributed by atoms with Crippen LogP contribution >= 0.6 is 11.8 Å². The molecule has 9 heteroatoms. The lowest BCUT2D eigenvalue weighted by Crippen LogP contribution is -2.33. The van der Waals surface area contributed by atoms with Crippen LogP contribution in [0.25, 0.3) is 6.08 Å². The minimum atomic E-state index is -0.528. The second-order valence-corrected chi connectivity index (χ2v) is 9.53. The van der Waals surface area contributed by atoms with E-state index in [9.17, 15) is 9.59 Å². The maximum atomic E-state index is 13.5. The molecule has 0 bridgehead atoms. The van der Waals surface area contributed by atoms with Gasteiger partial charge in [0.15, 0.2) is 16.7 Å². The van der Waals surface area contributed by atoms with Crippen molar-refractivity contribution < 1.29 is 23.8 Å². The van der Waals surface area contributed by atoms with Crippen LogP contribution in [0.2, 0.25) is 0 Å². The number of hydrogen-bond acceptors (Lipinski definition) is 7. The van der Waals surface area contributed by atoms with Gasteiger partial charge in [-0.15, -0.1) is 0 Å². The van der Waals surface area contributed by atoms with E-state index in [1.54, 1.807) is 63.6 Å².